The summed E-state index contributed by atoms with van der Waals surface area (Å²) in [7, 11) is 0. The molecule has 0 fully saturated rings. The molecule has 1 heterocycles. The van der Waals surface area contributed by atoms with E-state index in [1.807, 2.05) is 60.7 Å². The van der Waals surface area contributed by atoms with Gasteiger partial charge in [-0.3, -0.25) is 4.79 Å². The van der Waals surface area contributed by atoms with Crippen LogP contribution in [0.15, 0.2) is 88.6 Å². The fourth-order valence-corrected chi connectivity index (χ4v) is 2.40. The number of carbonyl (C=O) groups is 1. The number of allylic oxidation sites excluding steroid dienone is 1. The van der Waals surface area contributed by atoms with Gasteiger partial charge in [0.2, 0.25) is 0 Å². The molecule has 3 aromatic rings. The lowest BCUT2D eigenvalue weighted by molar-refractivity contribution is -0.123. The average molecular weight is 360 g/mol. The van der Waals surface area contributed by atoms with Crippen LogP contribution in [0.3, 0.4) is 0 Å². The summed E-state index contributed by atoms with van der Waals surface area (Å²) in [5.74, 6) is 1.04. The van der Waals surface area contributed by atoms with E-state index < -0.39 is 0 Å². The second-order valence-electron chi connectivity index (χ2n) is 5.79. The van der Waals surface area contributed by atoms with Gasteiger partial charge >= 0.3 is 0 Å². The molecule has 27 heavy (non-hydrogen) atoms. The first kappa shape index (κ1) is 18.2. The summed E-state index contributed by atoms with van der Waals surface area (Å²) in [5.41, 5.74) is 5.10. The molecule has 1 aromatic heterocycles. The first-order chi connectivity index (χ1) is 13.2. The zero-order valence-electron chi connectivity index (χ0n) is 15.0. The normalized spacial score (nSPS) is 11.5. The number of carbonyl (C=O) groups excluding carboxylic acids is 1. The molecule has 0 unspecified atom stereocenters. The van der Waals surface area contributed by atoms with E-state index in [2.05, 4.69) is 10.5 Å². The molecule has 1 amide bonds. The van der Waals surface area contributed by atoms with Crippen molar-refractivity contribution in [2.75, 3.05) is 6.61 Å². The monoisotopic (exact) mass is 360 g/mol. The molecule has 2 aromatic carbocycles. The molecule has 0 bridgehead atoms. The number of benzene rings is 2. The van der Waals surface area contributed by atoms with Crippen LogP contribution in [0, 0.1) is 0 Å². The van der Waals surface area contributed by atoms with E-state index >= 15 is 0 Å². The highest BCUT2D eigenvalue weighted by molar-refractivity contribution is 5.96. The van der Waals surface area contributed by atoms with Crippen LogP contribution in [0.2, 0.25) is 0 Å². The highest BCUT2D eigenvalue weighted by Crippen LogP contribution is 2.29. The van der Waals surface area contributed by atoms with Crippen LogP contribution in [0.5, 0.6) is 5.75 Å². The maximum atomic E-state index is 12.0. The Bertz CT molecular complexity index is 929. The van der Waals surface area contributed by atoms with Crippen LogP contribution >= 0.6 is 0 Å². The van der Waals surface area contributed by atoms with Crippen molar-refractivity contribution >= 4 is 17.7 Å². The zero-order valence-corrected chi connectivity index (χ0v) is 15.0. The highest BCUT2D eigenvalue weighted by Gasteiger charge is 2.07. The Kier molecular flexibility index (Phi) is 6.20. The Balaban J connectivity index is 1.56. The Hall–Kier alpha value is -3.60. The van der Waals surface area contributed by atoms with Gasteiger partial charge in [0.15, 0.2) is 6.61 Å². The number of hydrazone groups is 1. The number of ether oxygens (including phenoxy) is 1. The minimum Gasteiger partial charge on any atom is -0.483 e. The highest BCUT2D eigenvalue weighted by atomic mass is 16.5. The largest absolute Gasteiger partial charge is 0.483 e. The van der Waals surface area contributed by atoms with Gasteiger partial charge in [-0.25, -0.2) is 5.43 Å². The number of nitrogens with zero attached hydrogens (tertiary/aromatic N) is 1. The molecule has 0 radical (unpaired) electrons. The van der Waals surface area contributed by atoms with Gasteiger partial charge in [0.1, 0.15) is 11.5 Å². The topological polar surface area (TPSA) is 63.8 Å². The van der Waals surface area contributed by atoms with Gasteiger partial charge in [-0.15, -0.1) is 0 Å². The molecular weight excluding hydrogens is 340 g/mol. The first-order valence-corrected chi connectivity index (χ1v) is 8.54. The van der Waals surface area contributed by atoms with E-state index in [1.165, 1.54) is 0 Å². The van der Waals surface area contributed by atoms with E-state index in [0.717, 1.165) is 16.9 Å². The van der Waals surface area contributed by atoms with Crippen molar-refractivity contribution in [2.24, 2.45) is 5.10 Å². The predicted octanol–water partition coefficient (Wildman–Crippen LogP) is 4.53. The van der Waals surface area contributed by atoms with Crippen molar-refractivity contribution in [1.82, 2.24) is 5.43 Å². The summed E-state index contributed by atoms with van der Waals surface area (Å²) < 4.78 is 10.9. The van der Waals surface area contributed by atoms with E-state index in [-0.39, 0.29) is 12.5 Å². The molecular formula is C22H20N2O3. The van der Waals surface area contributed by atoms with Gasteiger partial charge in [0.05, 0.1) is 12.0 Å². The van der Waals surface area contributed by atoms with Crippen LogP contribution in [0.1, 0.15) is 12.7 Å². The smallest absolute Gasteiger partial charge is 0.277 e. The van der Waals surface area contributed by atoms with Gasteiger partial charge in [-0.1, -0.05) is 48.5 Å². The van der Waals surface area contributed by atoms with Gasteiger partial charge in [0, 0.05) is 5.56 Å². The third-order valence-electron chi connectivity index (χ3n) is 3.72. The van der Waals surface area contributed by atoms with Crippen LogP contribution in [0.4, 0.5) is 0 Å². The van der Waals surface area contributed by atoms with Crippen LogP contribution in [-0.2, 0) is 4.79 Å². The fourth-order valence-electron chi connectivity index (χ4n) is 2.40. The molecule has 5 heteroatoms. The lowest BCUT2D eigenvalue weighted by Crippen LogP contribution is -2.25. The Morgan fingerprint density at radius 3 is 2.63 bits per heavy atom. The van der Waals surface area contributed by atoms with Crippen molar-refractivity contribution in [3.05, 3.63) is 84.8 Å². The average Bonchev–Trinajstić information content (AvgIpc) is 3.24. The van der Waals surface area contributed by atoms with E-state index in [0.29, 0.717) is 11.5 Å². The second-order valence-corrected chi connectivity index (χ2v) is 5.79. The van der Waals surface area contributed by atoms with Crippen LogP contribution in [-0.4, -0.2) is 18.2 Å². The number of para-hydroxylation sites is 1. The molecule has 136 valence electrons. The lowest BCUT2D eigenvalue weighted by atomic mass is 10.1. The molecule has 0 saturated carbocycles. The summed E-state index contributed by atoms with van der Waals surface area (Å²) in [5, 5.41) is 4.03. The SMILES string of the molecule is CC(/C=C/c1ccco1)=N\NC(=O)COc1ccccc1-c1ccccc1. The predicted molar refractivity (Wildman–Crippen MR) is 106 cm³/mol. The molecule has 0 saturated heterocycles. The molecule has 3 rings (SSSR count). The van der Waals surface area contributed by atoms with Gasteiger partial charge in [0.25, 0.3) is 5.91 Å². The molecule has 0 spiro atoms. The summed E-state index contributed by atoms with van der Waals surface area (Å²) in [6.45, 7) is 1.66. The number of hydrogen-bond acceptors (Lipinski definition) is 4. The molecule has 0 aliphatic rings. The fraction of sp³-hybridized carbons (Fsp3) is 0.0909. The molecule has 5 nitrogen and oxygen atoms in total. The van der Waals surface area contributed by atoms with E-state index in [1.54, 1.807) is 31.4 Å². The first-order valence-electron chi connectivity index (χ1n) is 8.54. The van der Waals surface area contributed by atoms with Crippen molar-refractivity contribution in [3.8, 4) is 16.9 Å². The van der Waals surface area contributed by atoms with Gasteiger partial charge < -0.3 is 9.15 Å². The van der Waals surface area contributed by atoms with E-state index in [9.17, 15) is 4.79 Å². The van der Waals surface area contributed by atoms with Gasteiger partial charge in [-0.2, -0.15) is 5.10 Å². The van der Waals surface area contributed by atoms with Crippen molar-refractivity contribution < 1.29 is 13.9 Å². The molecule has 0 atom stereocenters. The number of nitrogens with one attached hydrogen (secondary N) is 1. The summed E-state index contributed by atoms with van der Waals surface area (Å²) >= 11 is 0. The van der Waals surface area contributed by atoms with Crippen molar-refractivity contribution in [1.29, 1.82) is 0 Å². The maximum absolute atomic E-state index is 12.0. The lowest BCUT2D eigenvalue weighted by Gasteiger charge is -2.11. The van der Waals surface area contributed by atoms with Gasteiger partial charge in [-0.05, 0) is 42.8 Å². The Morgan fingerprint density at radius 1 is 1.07 bits per heavy atom. The minimum atomic E-state index is -0.330. The number of rotatable bonds is 7. The number of amides is 1. The Labute approximate surface area is 158 Å². The maximum Gasteiger partial charge on any atom is 0.277 e. The zero-order chi connectivity index (χ0) is 18.9. The number of furan rings is 1. The molecule has 1 N–H and O–H groups in total. The van der Waals surface area contributed by atoms with Crippen LogP contribution < -0.4 is 10.2 Å². The third kappa shape index (κ3) is 5.44. The Morgan fingerprint density at radius 2 is 1.85 bits per heavy atom. The third-order valence-corrected chi connectivity index (χ3v) is 3.72. The molecule has 0 aliphatic heterocycles. The quantitative estimate of drug-likeness (QED) is 0.497. The summed E-state index contributed by atoms with van der Waals surface area (Å²) in [6, 6.07) is 21.2. The standard InChI is InChI=1S/C22H20N2O3/c1-17(13-14-19-10-7-15-26-19)23-24-22(25)16-27-21-12-6-5-11-20(21)18-8-3-2-4-9-18/h2-15H,16H2,1H3,(H,24,25)/b14-13+,23-17+. The van der Waals surface area contributed by atoms with Crippen LogP contribution in [0.25, 0.3) is 17.2 Å². The van der Waals surface area contributed by atoms with E-state index in [4.69, 9.17) is 9.15 Å². The minimum absolute atomic E-state index is 0.122. The van der Waals surface area contributed by atoms with Crippen molar-refractivity contribution in [2.45, 2.75) is 6.92 Å². The number of hydrogen-bond donors (Lipinski definition) is 1. The summed E-state index contributed by atoms with van der Waals surface area (Å²) in [6.07, 6.45) is 5.13. The summed E-state index contributed by atoms with van der Waals surface area (Å²) in [4.78, 5) is 12.0. The van der Waals surface area contributed by atoms with Crippen molar-refractivity contribution in [3.63, 3.8) is 0 Å². The second kappa shape index (κ2) is 9.20. The molecule has 0 aliphatic carbocycles.